The summed E-state index contributed by atoms with van der Waals surface area (Å²) in [6, 6.07) is 2.90. The zero-order chi connectivity index (χ0) is 30.5. The largest absolute Gasteiger partial charge is 0.481 e. The third-order valence-electron chi connectivity index (χ3n) is 7.09. The minimum atomic E-state index is -1.29. The summed E-state index contributed by atoms with van der Waals surface area (Å²) in [7, 11) is 0. The van der Waals surface area contributed by atoms with Crippen LogP contribution >= 0.6 is 0 Å². The maximum absolute atomic E-state index is 13.3. The van der Waals surface area contributed by atoms with Crippen LogP contribution < -0.4 is 27.4 Å². The topological polar surface area (TPSA) is 230 Å². The Morgan fingerprint density at radius 1 is 0.927 bits per heavy atom. The molecule has 13 heteroatoms. The van der Waals surface area contributed by atoms with Crippen LogP contribution in [-0.4, -0.2) is 75.6 Å². The number of hydrogen-bond acceptors (Lipinski definition) is 7. The van der Waals surface area contributed by atoms with Gasteiger partial charge in [0, 0.05) is 23.5 Å². The van der Waals surface area contributed by atoms with Crippen molar-refractivity contribution in [2.24, 2.45) is 17.4 Å². The van der Waals surface area contributed by atoms with Crippen molar-refractivity contribution in [1.29, 1.82) is 0 Å². The number of carbonyl (C=O) groups is 5. The quantitative estimate of drug-likeness (QED) is 0.116. The Balaban J connectivity index is 2.17. The summed E-state index contributed by atoms with van der Waals surface area (Å²) in [5.41, 5.74) is 13.4. The molecule has 2 aromatic rings. The molecule has 1 aromatic carbocycles. The fourth-order valence-electron chi connectivity index (χ4n) is 4.42. The maximum Gasteiger partial charge on any atom is 0.326 e. The number of para-hydroxylation sites is 1. The lowest BCUT2D eigenvalue weighted by Crippen LogP contribution is -2.57. The van der Waals surface area contributed by atoms with Gasteiger partial charge in [-0.1, -0.05) is 38.5 Å². The van der Waals surface area contributed by atoms with E-state index in [1.807, 2.05) is 24.3 Å². The smallest absolute Gasteiger partial charge is 0.326 e. The molecule has 5 unspecified atom stereocenters. The number of H-pyrrole nitrogens is 1. The SMILES string of the molecule is CCC(C)C(NC(=O)C(CCCCN)NC(=O)C(CCC(=O)O)NC(=O)C(N)Cc1c[nH]c2ccccc12)C(=O)O. The highest BCUT2D eigenvalue weighted by molar-refractivity contribution is 5.94. The van der Waals surface area contributed by atoms with Gasteiger partial charge >= 0.3 is 11.9 Å². The number of fused-ring (bicyclic) bond motifs is 1. The van der Waals surface area contributed by atoms with Gasteiger partial charge in [0.05, 0.1) is 6.04 Å². The number of nitrogens with one attached hydrogen (secondary N) is 4. The van der Waals surface area contributed by atoms with E-state index in [0.717, 1.165) is 16.5 Å². The molecule has 0 saturated carbocycles. The molecule has 13 nitrogen and oxygen atoms in total. The average Bonchev–Trinajstić information content (AvgIpc) is 3.34. The van der Waals surface area contributed by atoms with Gasteiger partial charge in [0.1, 0.15) is 18.1 Å². The summed E-state index contributed by atoms with van der Waals surface area (Å²) < 4.78 is 0. The molecule has 0 saturated heterocycles. The van der Waals surface area contributed by atoms with Gasteiger partial charge in [0.25, 0.3) is 0 Å². The summed E-state index contributed by atoms with van der Waals surface area (Å²) in [5.74, 6) is -4.86. The highest BCUT2D eigenvalue weighted by atomic mass is 16.4. The number of hydrogen-bond donors (Lipinski definition) is 8. The van der Waals surface area contributed by atoms with Gasteiger partial charge in [-0.05, 0) is 56.2 Å². The fourth-order valence-corrected chi connectivity index (χ4v) is 4.42. The van der Waals surface area contributed by atoms with Crippen molar-refractivity contribution in [3.05, 3.63) is 36.0 Å². The van der Waals surface area contributed by atoms with E-state index in [9.17, 15) is 34.2 Å². The Morgan fingerprint density at radius 2 is 1.56 bits per heavy atom. The summed E-state index contributed by atoms with van der Waals surface area (Å²) >= 11 is 0. The number of carboxylic acid groups (broad SMARTS) is 2. The minimum absolute atomic E-state index is 0.166. The number of nitrogens with two attached hydrogens (primary N) is 2. The second-order valence-electron chi connectivity index (χ2n) is 10.2. The van der Waals surface area contributed by atoms with E-state index in [2.05, 4.69) is 20.9 Å². The Bertz CT molecular complexity index is 1200. The Labute approximate surface area is 238 Å². The van der Waals surface area contributed by atoms with Gasteiger partial charge in [-0.25, -0.2) is 4.79 Å². The third kappa shape index (κ3) is 10.2. The standard InChI is InChI=1S/C28H42N6O7/c1-3-16(2)24(28(40)41)34-27(39)21(10-6-7-13-29)33-26(38)22(11-12-23(35)36)32-25(37)19(30)14-17-15-31-20-9-5-4-8-18(17)20/h4-5,8-9,15-16,19,21-22,24,31H,3,6-7,10-14,29-30H2,1-2H3,(H,32,37)(H,33,38)(H,34,39)(H,35,36)(H,40,41). The first-order valence-electron chi connectivity index (χ1n) is 13.8. The van der Waals surface area contributed by atoms with Gasteiger partial charge in [0.2, 0.25) is 17.7 Å². The van der Waals surface area contributed by atoms with Crippen molar-refractivity contribution in [2.75, 3.05) is 6.54 Å². The molecule has 10 N–H and O–H groups in total. The predicted molar refractivity (Wildman–Crippen MR) is 153 cm³/mol. The normalized spacial score (nSPS) is 14.8. The molecule has 226 valence electrons. The molecular formula is C28H42N6O7. The molecule has 0 aliphatic carbocycles. The molecule has 41 heavy (non-hydrogen) atoms. The van der Waals surface area contributed by atoms with Crippen LogP contribution in [-0.2, 0) is 30.4 Å². The number of carboxylic acids is 2. The second-order valence-corrected chi connectivity index (χ2v) is 10.2. The van der Waals surface area contributed by atoms with Crippen molar-refractivity contribution in [3.63, 3.8) is 0 Å². The number of carbonyl (C=O) groups excluding carboxylic acids is 3. The molecule has 0 bridgehead atoms. The van der Waals surface area contributed by atoms with Gasteiger partial charge in [-0.3, -0.25) is 19.2 Å². The van der Waals surface area contributed by atoms with Crippen LogP contribution in [0.4, 0.5) is 0 Å². The molecule has 3 amide bonds. The lowest BCUT2D eigenvalue weighted by atomic mass is 9.98. The van der Waals surface area contributed by atoms with E-state index < -0.39 is 60.2 Å². The van der Waals surface area contributed by atoms with Crippen molar-refractivity contribution >= 4 is 40.6 Å². The number of aliphatic carboxylic acids is 2. The van der Waals surface area contributed by atoms with Gasteiger partial charge in [0.15, 0.2) is 0 Å². The summed E-state index contributed by atoms with van der Waals surface area (Å²) in [6.07, 6.45) is 2.96. The van der Waals surface area contributed by atoms with E-state index in [1.54, 1.807) is 20.0 Å². The molecule has 0 aliphatic rings. The molecule has 5 atom stereocenters. The van der Waals surface area contributed by atoms with Crippen LogP contribution in [0.1, 0.15) is 57.9 Å². The van der Waals surface area contributed by atoms with E-state index in [0.29, 0.717) is 25.8 Å². The maximum atomic E-state index is 13.3. The Hall–Kier alpha value is -3.97. The molecule has 0 radical (unpaired) electrons. The zero-order valence-corrected chi connectivity index (χ0v) is 23.5. The Morgan fingerprint density at radius 3 is 2.20 bits per heavy atom. The molecule has 0 fully saturated rings. The second kappa shape index (κ2) is 16.3. The molecule has 1 heterocycles. The van der Waals surface area contributed by atoms with E-state index in [4.69, 9.17) is 11.5 Å². The van der Waals surface area contributed by atoms with E-state index in [1.165, 1.54) is 0 Å². The van der Waals surface area contributed by atoms with Gasteiger partial charge in [-0.15, -0.1) is 0 Å². The zero-order valence-electron chi connectivity index (χ0n) is 23.5. The van der Waals surface area contributed by atoms with Crippen LogP contribution in [0.25, 0.3) is 10.9 Å². The Kier molecular flexibility index (Phi) is 13.2. The summed E-state index contributed by atoms with van der Waals surface area (Å²) in [5, 5.41) is 27.3. The monoisotopic (exact) mass is 574 g/mol. The van der Waals surface area contributed by atoms with Crippen LogP contribution in [0.15, 0.2) is 30.5 Å². The van der Waals surface area contributed by atoms with Crippen molar-refractivity contribution < 1.29 is 34.2 Å². The van der Waals surface area contributed by atoms with Crippen LogP contribution in [0, 0.1) is 5.92 Å². The predicted octanol–water partition coefficient (Wildman–Crippen LogP) is 0.617. The van der Waals surface area contributed by atoms with Gasteiger partial charge < -0.3 is 42.6 Å². The lowest BCUT2D eigenvalue weighted by Gasteiger charge is -2.26. The van der Waals surface area contributed by atoms with Crippen molar-refractivity contribution in [1.82, 2.24) is 20.9 Å². The van der Waals surface area contributed by atoms with E-state index in [-0.39, 0.29) is 25.2 Å². The number of amides is 3. The number of rotatable bonds is 18. The van der Waals surface area contributed by atoms with Crippen molar-refractivity contribution in [3.8, 4) is 0 Å². The fraction of sp³-hybridized carbons (Fsp3) is 0.536. The van der Waals surface area contributed by atoms with Crippen molar-refractivity contribution in [2.45, 2.75) is 83.0 Å². The average molecular weight is 575 g/mol. The lowest BCUT2D eigenvalue weighted by molar-refractivity contribution is -0.144. The van der Waals surface area contributed by atoms with E-state index >= 15 is 0 Å². The highest BCUT2D eigenvalue weighted by Crippen LogP contribution is 2.19. The molecule has 2 rings (SSSR count). The number of aromatic amines is 1. The number of benzene rings is 1. The van der Waals surface area contributed by atoms with Gasteiger partial charge in [-0.2, -0.15) is 0 Å². The molecule has 0 spiro atoms. The first kappa shape index (κ1) is 33.2. The minimum Gasteiger partial charge on any atom is -0.481 e. The third-order valence-corrected chi connectivity index (χ3v) is 7.09. The first-order chi connectivity index (χ1) is 19.5. The summed E-state index contributed by atoms with van der Waals surface area (Å²) in [4.78, 5) is 65.5. The number of aromatic nitrogens is 1. The first-order valence-corrected chi connectivity index (χ1v) is 13.8. The molecule has 1 aromatic heterocycles. The summed E-state index contributed by atoms with van der Waals surface area (Å²) in [6.45, 7) is 3.85. The van der Waals surface area contributed by atoms with Crippen LogP contribution in [0.2, 0.25) is 0 Å². The molecule has 0 aliphatic heterocycles. The van der Waals surface area contributed by atoms with Crippen LogP contribution in [0.3, 0.4) is 0 Å². The number of unbranched alkanes of at least 4 members (excludes halogenated alkanes) is 1. The molecular weight excluding hydrogens is 532 g/mol. The van der Waals surface area contributed by atoms with Crippen LogP contribution in [0.5, 0.6) is 0 Å². The highest BCUT2D eigenvalue weighted by Gasteiger charge is 2.32.